The summed E-state index contributed by atoms with van der Waals surface area (Å²) in [6.07, 6.45) is -1.17. The lowest BCUT2D eigenvalue weighted by Gasteiger charge is -2.14. The normalized spacial score (nSPS) is 11.4. The molecule has 0 aliphatic carbocycles. The highest BCUT2D eigenvalue weighted by Crippen LogP contribution is 2.28. The van der Waals surface area contributed by atoms with E-state index in [9.17, 15) is 19.7 Å². The number of rotatable bonds is 6. The van der Waals surface area contributed by atoms with E-state index in [0.717, 1.165) is 6.07 Å². The van der Waals surface area contributed by atoms with Crippen molar-refractivity contribution in [3.05, 3.63) is 62.1 Å². The highest BCUT2D eigenvalue weighted by molar-refractivity contribution is 6.35. The van der Waals surface area contributed by atoms with Crippen molar-refractivity contribution in [2.75, 3.05) is 12.4 Å². The average Bonchev–Trinajstić information content (AvgIpc) is 2.59. The number of carbonyl (C=O) groups excluding carboxylic acids is 2. The van der Waals surface area contributed by atoms with Crippen LogP contribution in [-0.4, -0.2) is 30.0 Å². The molecule has 0 bridgehead atoms. The van der Waals surface area contributed by atoms with Crippen molar-refractivity contribution in [2.45, 2.75) is 13.0 Å². The van der Waals surface area contributed by atoms with E-state index >= 15 is 0 Å². The molecule has 2 aromatic rings. The molecule has 0 saturated carbocycles. The first-order chi connectivity index (χ1) is 12.7. The summed E-state index contributed by atoms with van der Waals surface area (Å²) in [6, 6.07) is 8.05. The zero-order valence-electron chi connectivity index (χ0n) is 14.2. The molecular weight excluding hydrogens is 399 g/mol. The highest BCUT2D eigenvalue weighted by atomic mass is 35.5. The summed E-state index contributed by atoms with van der Waals surface area (Å²) in [6.45, 7) is 1.36. The fourth-order valence-corrected chi connectivity index (χ4v) is 2.64. The number of esters is 1. The number of benzene rings is 2. The Hall–Kier alpha value is -2.84. The fraction of sp³-hybridized carbons (Fsp3) is 0.176. The zero-order valence-corrected chi connectivity index (χ0v) is 15.7. The largest absolute Gasteiger partial charge is 0.490 e. The van der Waals surface area contributed by atoms with Gasteiger partial charge in [0, 0.05) is 21.8 Å². The molecule has 1 atom stereocenters. The lowest BCUT2D eigenvalue weighted by Crippen LogP contribution is -2.30. The number of anilines is 1. The van der Waals surface area contributed by atoms with Crippen LogP contribution >= 0.6 is 23.2 Å². The summed E-state index contributed by atoms with van der Waals surface area (Å²) in [5.74, 6) is -1.52. The van der Waals surface area contributed by atoms with E-state index in [-0.39, 0.29) is 11.3 Å². The molecule has 10 heteroatoms. The summed E-state index contributed by atoms with van der Waals surface area (Å²) in [5, 5.41) is 14.2. The van der Waals surface area contributed by atoms with Crippen molar-refractivity contribution in [2.24, 2.45) is 0 Å². The molecule has 0 heterocycles. The van der Waals surface area contributed by atoms with Crippen molar-refractivity contribution in [3.63, 3.8) is 0 Å². The molecule has 8 nitrogen and oxygen atoms in total. The molecule has 0 spiro atoms. The second-order valence-electron chi connectivity index (χ2n) is 5.34. The Kier molecular flexibility index (Phi) is 6.59. The minimum atomic E-state index is -1.17. The molecule has 0 aliphatic rings. The van der Waals surface area contributed by atoms with Crippen molar-refractivity contribution >= 4 is 46.5 Å². The van der Waals surface area contributed by atoms with Crippen LogP contribution < -0.4 is 10.1 Å². The van der Waals surface area contributed by atoms with E-state index in [0.29, 0.717) is 15.7 Å². The Labute approximate surface area is 164 Å². The van der Waals surface area contributed by atoms with Crippen LogP contribution in [-0.2, 0) is 9.53 Å². The number of hydrogen-bond donors (Lipinski definition) is 1. The fourth-order valence-electron chi connectivity index (χ4n) is 2.11. The Morgan fingerprint density at radius 1 is 1.15 bits per heavy atom. The standard InChI is InChI=1S/C17H14Cl2N2O6/c1-9(16(22)20-13-7-11(18)6-12(19)8-13)27-17(23)10-3-4-15(26-2)14(5-10)21(24)25/h3-9H,1-2H3,(H,20,22)/t9-/m1/s1. The number of halogens is 2. The van der Waals surface area contributed by atoms with Gasteiger partial charge >= 0.3 is 11.7 Å². The number of nitro groups is 1. The number of nitrogens with zero attached hydrogens (tertiary/aromatic N) is 1. The molecule has 1 amide bonds. The first-order valence-electron chi connectivity index (χ1n) is 7.51. The van der Waals surface area contributed by atoms with Crippen LogP contribution in [0.2, 0.25) is 10.0 Å². The Morgan fingerprint density at radius 2 is 1.78 bits per heavy atom. The van der Waals surface area contributed by atoms with Gasteiger partial charge in [-0.3, -0.25) is 14.9 Å². The highest BCUT2D eigenvalue weighted by Gasteiger charge is 2.23. The Morgan fingerprint density at radius 3 is 2.33 bits per heavy atom. The molecule has 2 aromatic carbocycles. The van der Waals surface area contributed by atoms with Gasteiger partial charge in [0.1, 0.15) is 0 Å². The first kappa shape index (κ1) is 20.5. The van der Waals surface area contributed by atoms with E-state index in [1.165, 1.54) is 44.4 Å². The van der Waals surface area contributed by atoms with Crippen molar-refractivity contribution in [1.29, 1.82) is 0 Å². The summed E-state index contributed by atoms with van der Waals surface area (Å²) < 4.78 is 9.93. The number of amides is 1. The summed E-state index contributed by atoms with van der Waals surface area (Å²) in [5.41, 5.74) is -0.147. The predicted molar refractivity (Wildman–Crippen MR) is 99.6 cm³/mol. The predicted octanol–water partition coefficient (Wildman–Crippen LogP) is 4.09. The van der Waals surface area contributed by atoms with Crippen LogP contribution in [0.4, 0.5) is 11.4 Å². The van der Waals surface area contributed by atoms with Crippen LogP contribution in [0.3, 0.4) is 0 Å². The number of methoxy groups -OCH3 is 1. The lowest BCUT2D eigenvalue weighted by atomic mass is 10.2. The number of nitro benzene ring substituents is 1. The van der Waals surface area contributed by atoms with Gasteiger partial charge in [-0.25, -0.2) is 4.79 Å². The molecule has 0 unspecified atom stereocenters. The Balaban J connectivity index is 2.09. The summed E-state index contributed by atoms with van der Waals surface area (Å²) in [7, 11) is 1.27. The quantitative estimate of drug-likeness (QED) is 0.434. The molecular formula is C17H14Cl2N2O6. The monoisotopic (exact) mass is 412 g/mol. The number of ether oxygens (including phenoxy) is 2. The second kappa shape index (κ2) is 8.70. The van der Waals surface area contributed by atoms with Gasteiger partial charge in [-0.2, -0.15) is 0 Å². The van der Waals surface area contributed by atoms with E-state index in [1.54, 1.807) is 0 Å². The molecule has 0 aliphatic heterocycles. The molecule has 0 saturated heterocycles. The van der Waals surface area contributed by atoms with Gasteiger partial charge in [-0.1, -0.05) is 23.2 Å². The van der Waals surface area contributed by atoms with Gasteiger partial charge in [0.25, 0.3) is 5.91 Å². The molecule has 0 aromatic heterocycles. The minimum absolute atomic E-state index is 0.000163. The maximum Gasteiger partial charge on any atom is 0.339 e. The number of hydrogen-bond acceptors (Lipinski definition) is 6. The third-order valence-electron chi connectivity index (χ3n) is 3.39. The van der Waals surface area contributed by atoms with Gasteiger partial charge in [-0.15, -0.1) is 0 Å². The van der Waals surface area contributed by atoms with Crippen LogP contribution in [0.15, 0.2) is 36.4 Å². The maximum atomic E-state index is 12.2. The van der Waals surface area contributed by atoms with Crippen molar-refractivity contribution in [1.82, 2.24) is 0 Å². The smallest absolute Gasteiger partial charge is 0.339 e. The van der Waals surface area contributed by atoms with Gasteiger partial charge in [0.2, 0.25) is 0 Å². The molecule has 142 valence electrons. The van der Waals surface area contributed by atoms with E-state index in [1.807, 2.05) is 0 Å². The topological polar surface area (TPSA) is 108 Å². The van der Waals surface area contributed by atoms with Crippen molar-refractivity contribution in [3.8, 4) is 5.75 Å². The maximum absolute atomic E-state index is 12.2. The average molecular weight is 413 g/mol. The minimum Gasteiger partial charge on any atom is -0.490 e. The van der Waals surface area contributed by atoms with Crippen LogP contribution in [0.1, 0.15) is 17.3 Å². The lowest BCUT2D eigenvalue weighted by molar-refractivity contribution is -0.385. The van der Waals surface area contributed by atoms with E-state index < -0.39 is 28.6 Å². The molecule has 0 fully saturated rings. The molecule has 0 radical (unpaired) electrons. The van der Waals surface area contributed by atoms with Gasteiger partial charge in [0.15, 0.2) is 11.9 Å². The number of carbonyl (C=O) groups is 2. The molecule has 27 heavy (non-hydrogen) atoms. The van der Waals surface area contributed by atoms with Crippen molar-refractivity contribution < 1.29 is 24.0 Å². The van der Waals surface area contributed by atoms with E-state index in [4.69, 9.17) is 32.7 Å². The third kappa shape index (κ3) is 5.32. The SMILES string of the molecule is COc1ccc(C(=O)O[C@H](C)C(=O)Nc2cc(Cl)cc(Cl)c2)cc1[N+](=O)[O-]. The van der Waals surface area contributed by atoms with Gasteiger partial charge in [-0.05, 0) is 37.3 Å². The molecule has 1 N–H and O–H groups in total. The van der Waals surface area contributed by atoms with Crippen LogP contribution in [0.5, 0.6) is 5.75 Å². The zero-order chi connectivity index (χ0) is 20.1. The van der Waals surface area contributed by atoms with Gasteiger partial charge < -0.3 is 14.8 Å². The molecule has 2 rings (SSSR count). The number of nitrogens with one attached hydrogen (secondary N) is 1. The van der Waals surface area contributed by atoms with Gasteiger partial charge in [0.05, 0.1) is 17.6 Å². The van der Waals surface area contributed by atoms with Crippen LogP contribution in [0, 0.1) is 10.1 Å². The second-order valence-corrected chi connectivity index (χ2v) is 6.21. The van der Waals surface area contributed by atoms with E-state index in [2.05, 4.69) is 5.32 Å². The van der Waals surface area contributed by atoms with Crippen LogP contribution in [0.25, 0.3) is 0 Å². The Bertz CT molecular complexity index is 883. The summed E-state index contributed by atoms with van der Waals surface area (Å²) >= 11 is 11.7. The first-order valence-corrected chi connectivity index (χ1v) is 8.27. The summed E-state index contributed by atoms with van der Waals surface area (Å²) in [4.78, 5) is 34.7. The third-order valence-corrected chi connectivity index (χ3v) is 3.83.